The Morgan fingerprint density at radius 3 is 2.62 bits per heavy atom. The van der Waals surface area contributed by atoms with Crippen molar-refractivity contribution in [3.05, 3.63) is 12.7 Å². The third kappa shape index (κ3) is 6.30. The van der Waals surface area contributed by atoms with Gasteiger partial charge < -0.3 is 4.74 Å². The van der Waals surface area contributed by atoms with Gasteiger partial charge in [0.1, 0.15) is 0 Å². The van der Waals surface area contributed by atoms with Crippen LogP contribution < -0.4 is 0 Å². The normalized spacial score (nSPS) is 10.8. The molecular formula is C7H12O5S. The van der Waals surface area contributed by atoms with E-state index in [1.165, 1.54) is 0 Å². The van der Waals surface area contributed by atoms with E-state index >= 15 is 0 Å². The van der Waals surface area contributed by atoms with Crippen molar-refractivity contribution in [2.24, 2.45) is 0 Å². The third-order valence-electron chi connectivity index (χ3n) is 1.20. The molecule has 13 heavy (non-hydrogen) atoms. The second kappa shape index (κ2) is 5.71. The number of esters is 1. The van der Waals surface area contributed by atoms with E-state index in [0.717, 1.165) is 13.2 Å². The van der Waals surface area contributed by atoms with E-state index in [4.69, 9.17) is 0 Å². The van der Waals surface area contributed by atoms with Gasteiger partial charge in [-0.3, -0.25) is 4.18 Å². The third-order valence-corrected chi connectivity index (χ3v) is 2.50. The summed E-state index contributed by atoms with van der Waals surface area (Å²) in [4.78, 5) is 10.5. The molecule has 0 aromatic carbocycles. The number of hydrogen-bond donors (Lipinski definition) is 0. The van der Waals surface area contributed by atoms with Crippen molar-refractivity contribution in [1.82, 2.24) is 0 Å². The van der Waals surface area contributed by atoms with E-state index in [9.17, 15) is 13.2 Å². The van der Waals surface area contributed by atoms with Crippen molar-refractivity contribution in [2.75, 3.05) is 19.5 Å². The van der Waals surface area contributed by atoms with Gasteiger partial charge in [-0.1, -0.05) is 6.58 Å². The Hall–Kier alpha value is -0.880. The fourth-order valence-corrected chi connectivity index (χ4v) is 1.19. The summed E-state index contributed by atoms with van der Waals surface area (Å²) in [6, 6.07) is 0. The van der Waals surface area contributed by atoms with Crippen LogP contribution in [-0.2, 0) is 23.8 Å². The van der Waals surface area contributed by atoms with Gasteiger partial charge in [-0.25, -0.2) is 4.79 Å². The summed E-state index contributed by atoms with van der Waals surface area (Å²) in [5.41, 5.74) is 0. The molecule has 0 amide bonds. The minimum atomic E-state index is -3.44. The zero-order chi connectivity index (χ0) is 10.3. The average molecular weight is 208 g/mol. The Kier molecular flexibility index (Phi) is 5.33. The molecule has 76 valence electrons. The average Bonchev–Trinajstić information content (AvgIpc) is 2.12. The van der Waals surface area contributed by atoms with E-state index in [0.29, 0.717) is 0 Å². The van der Waals surface area contributed by atoms with Gasteiger partial charge in [0.25, 0.3) is 10.1 Å². The largest absolute Gasteiger partial charge is 0.463 e. The van der Waals surface area contributed by atoms with Crippen molar-refractivity contribution < 1.29 is 22.1 Å². The van der Waals surface area contributed by atoms with Gasteiger partial charge in [0, 0.05) is 6.08 Å². The van der Waals surface area contributed by atoms with Crippen LogP contribution in [0.1, 0.15) is 6.42 Å². The molecule has 0 rings (SSSR count). The number of rotatable bonds is 6. The fourth-order valence-electron chi connectivity index (χ4n) is 0.551. The summed E-state index contributed by atoms with van der Waals surface area (Å²) >= 11 is 0. The highest BCUT2D eigenvalue weighted by Gasteiger charge is 2.07. The van der Waals surface area contributed by atoms with Crippen molar-refractivity contribution in [3.63, 3.8) is 0 Å². The van der Waals surface area contributed by atoms with Crippen LogP contribution in [0.5, 0.6) is 0 Å². The lowest BCUT2D eigenvalue weighted by molar-refractivity contribution is -0.137. The van der Waals surface area contributed by atoms with E-state index in [1.54, 1.807) is 0 Å². The smallest absolute Gasteiger partial charge is 0.330 e. The molecule has 5 nitrogen and oxygen atoms in total. The Morgan fingerprint density at radius 2 is 2.15 bits per heavy atom. The lowest BCUT2D eigenvalue weighted by Crippen LogP contribution is -2.11. The number of ether oxygens (including phenoxy) is 1. The van der Waals surface area contributed by atoms with Crippen LogP contribution in [0.2, 0.25) is 0 Å². The van der Waals surface area contributed by atoms with Crippen LogP contribution in [0.15, 0.2) is 12.7 Å². The fraction of sp³-hybridized carbons (Fsp3) is 0.571. The van der Waals surface area contributed by atoms with Gasteiger partial charge in [0.2, 0.25) is 0 Å². The molecule has 6 heteroatoms. The molecule has 0 bridgehead atoms. The summed E-state index contributed by atoms with van der Waals surface area (Å²) in [5, 5.41) is 0. The Bertz CT molecular complexity index is 267. The van der Waals surface area contributed by atoms with E-state index in [1.807, 2.05) is 0 Å². The van der Waals surface area contributed by atoms with E-state index < -0.39 is 16.1 Å². The molecule has 0 aliphatic rings. The minimum absolute atomic E-state index is 0.0491. The number of carbonyl (C=O) groups is 1. The quantitative estimate of drug-likeness (QED) is 0.267. The van der Waals surface area contributed by atoms with Gasteiger partial charge in [-0.15, -0.1) is 0 Å². The highest BCUT2D eigenvalue weighted by molar-refractivity contribution is 7.86. The summed E-state index contributed by atoms with van der Waals surface area (Å²) in [6.07, 6.45) is 1.24. The van der Waals surface area contributed by atoms with Gasteiger partial charge in [-0.05, 0) is 6.42 Å². The highest BCUT2D eigenvalue weighted by atomic mass is 32.2. The summed E-state index contributed by atoms with van der Waals surface area (Å²) in [5.74, 6) is -0.719. The maximum Gasteiger partial charge on any atom is 0.330 e. The molecule has 0 heterocycles. The van der Waals surface area contributed by atoms with Gasteiger partial charge in [0.05, 0.1) is 19.5 Å². The minimum Gasteiger partial charge on any atom is -0.463 e. The van der Waals surface area contributed by atoms with Crippen LogP contribution in [0.4, 0.5) is 0 Å². The first-order valence-corrected chi connectivity index (χ1v) is 5.17. The van der Waals surface area contributed by atoms with Crippen molar-refractivity contribution in [2.45, 2.75) is 6.42 Å². The molecule has 0 saturated heterocycles. The molecule has 0 N–H and O–H groups in total. The molecule has 0 spiro atoms. The number of carbonyl (C=O) groups excluding carboxylic acids is 1. The molecule has 0 aliphatic heterocycles. The lowest BCUT2D eigenvalue weighted by Gasteiger charge is -2.01. The molecule has 0 aromatic heterocycles. The molecule has 0 atom stereocenters. The van der Waals surface area contributed by atoms with Crippen LogP contribution in [0.3, 0.4) is 0 Å². The molecular weight excluding hydrogens is 196 g/mol. The van der Waals surface area contributed by atoms with Crippen LogP contribution in [0.25, 0.3) is 0 Å². The predicted molar refractivity (Wildman–Crippen MR) is 46.6 cm³/mol. The molecule has 0 aromatic rings. The van der Waals surface area contributed by atoms with Crippen LogP contribution in [-0.4, -0.2) is 33.9 Å². The zero-order valence-electron chi connectivity index (χ0n) is 7.36. The van der Waals surface area contributed by atoms with Gasteiger partial charge in [0.15, 0.2) is 0 Å². The standard InChI is InChI=1S/C7H12O5S/c1-3-7(8)12-5-4-6-13(9,10)11-2/h3H,1,4-6H2,2H3. The molecule has 0 fully saturated rings. The molecule has 0 saturated carbocycles. The topological polar surface area (TPSA) is 69.7 Å². The summed E-state index contributed by atoms with van der Waals surface area (Å²) in [7, 11) is -2.35. The first kappa shape index (κ1) is 12.1. The first-order chi connectivity index (χ1) is 6.02. The SMILES string of the molecule is C=CC(=O)OCCCS(=O)(=O)OC. The Morgan fingerprint density at radius 1 is 1.54 bits per heavy atom. The maximum atomic E-state index is 10.7. The van der Waals surface area contributed by atoms with E-state index in [2.05, 4.69) is 15.5 Å². The molecule has 0 unspecified atom stereocenters. The van der Waals surface area contributed by atoms with Crippen molar-refractivity contribution in [3.8, 4) is 0 Å². The second-order valence-corrected chi connectivity index (χ2v) is 4.01. The summed E-state index contributed by atoms with van der Waals surface area (Å²) < 4.78 is 30.2. The molecule has 0 radical (unpaired) electrons. The monoisotopic (exact) mass is 208 g/mol. The number of hydrogen-bond acceptors (Lipinski definition) is 5. The van der Waals surface area contributed by atoms with Crippen LogP contribution in [0, 0.1) is 0 Å². The molecule has 0 aliphatic carbocycles. The van der Waals surface area contributed by atoms with Crippen molar-refractivity contribution in [1.29, 1.82) is 0 Å². The predicted octanol–water partition coefficient (Wildman–Crippen LogP) is 0.0819. The van der Waals surface area contributed by atoms with Gasteiger partial charge >= 0.3 is 5.97 Å². The Balaban J connectivity index is 3.58. The highest BCUT2D eigenvalue weighted by Crippen LogP contribution is 1.94. The lowest BCUT2D eigenvalue weighted by atomic mass is 10.5. The summed E-state index contributed by atoms with van der Waals surface area (Å²) in [6.45, 7) is 3.24. The van der Waals surface area contributed by atoms with Gasteiger partial charge in [-0.2, -0.15) is 8.42 Å². The van der Waals surface area contributed by atoms with Crippen molar-refractivity contribution >= 4 is 16.1 Å². The second-order valence-electron chi connectivity index (χ2n) is 2.15. The van der Waals surface area contributed by atoms with Crippen LogP contribution >= 0.6 is 0 Å². The Labute approximate surface area is 77.5 Å². The maximum absolute atomic E-state index is 10.7. The van der Waals surface area contributed by atoms with E-state index in [-0.39, 0.29) is 18.8 Å². The first-order valence-electron chi connectivity index (χ1n) is 3.59. The zero-order valence-corrected chi connectivity index (χ0v) is 8.17.